The highest BCUT2D eigenvalue weighted by atomic mass is 16.3. The van der Waals surface area contributed by atoms with Gasteiger partial charge in [-0.1, -0.05) is 13.8 Å². The average molecular weight is 386 g/mol. The van der Waals surface area contributed by atoms with E-state index in [2.05, 4.69) is 16.0 Å². The third-order valence-corrected chi connectivity index (χ3v) is 3.97. The predicted molar refractivity (Wildman–Crippen MR) is 102 cm³/mol. The van der Waals surface area contributed by atoms with Crippen LogP contribution < -0.4 is 21.7 Å². The van der Waals surface area contributed by atoms with Gasteiger partial charge < -0.3 is 26.8 Å². The maximum atomic E-state index is 12.6. The Morgan fingerprint density at radius 2 is 1.44 bits per heavy atom. The summed E-state index contributed by atoms with van der Waals surface area (Å²) in [4.78, 5) is 47.9. The molecule has 27 heavy (non-hydrogen) atoms. The molecule has 0 saturated heterocycles. The van der Waals surface area contributed by atoms with E-state index in [1.54, 1.807) is 0 Å². The van der Waals surface area contributed by atoms with Crippen LogP contribution >= 0.6 is 0 Å². The van der Waals surface area contributed by atoms with Crippen LogP contribution in [-0.4, -0.2) is 59.9 Å². The molecular formula is C18H34N4O5. The highest BCUT2D eigenvalue weighted by Gasteiger charge is 2.28. The zero-order valence-electron chi connectivity index (χ0n) is 16.7. The number of nitrogens with one attached hydrogen (secondary N) is 3. The first-order valence-electron chi connectivity index (χ1n) is 9.31. The van der Waals surface area contributed by atoms with Gasteiger partial charge in [-0.15, -0.1) is 0 Å². The highest BCUT2D eigenvalue weighted by molar-refractivity contribution is 5.94. The van der Waals surface area contributed by atoms with Crippen molar-refractivity contribution in [1.82, 2.24) is 16.0 Å². The van der Waals surface area contributed by atoms with Crippen molar-refractivity contribution in [3.05, 3.63) is 0 Å². The van der Waals surface area contributed by atoms with Crippen LogP contribution in [0.1, 0.15) is 53.4 Å². The second-order valence-corrected chi connectivity index (χ2v) is 7.08. The second-order valence-electron chi connectivity index (χ2n) is 7.08. The van der Waals surface area contributed by atoms with Crippen molar-refractivity contribution >= 4 is 23.5 Å². The molecule has 156 valence electrons. The molecule has 0 aliphatic carbocycles. The summed E-state index contributed by atoms with van der Waals surface area (Å²) in [6.45, 7) is 6.39. The lowest BCUT2D eigenvalue weighted by atomic mass is 10.00. The fourth-order valence-electron chi connectivity index (χ4n) is 2.54. The van der Waals surface area contributed by atoms with Crippen molar-refractivity contribution in [2.24, 2.45) is 11.7 Å². The minimum atomic E-state index is -1.15. The van der Waals surface area contributed by atoms with Crippen LogP contribution in [0.3, 0.4) is 0 Å². The number of aliphatic hydroxyl groups excluding tert-OH is 1. The van der Waals surface area contributed by atoms with Crippen LogP contribution in [0, 0.1) is 5.92 Å². The predicted octanol–water partition coefficient (Wildman–Crippen LogP) is -0.783. The first kappa shape index (κ1) is 25.0. The molecule has 3 amide bonds. The number of hydrogen-bond donors (Lipinski definition) is 5. The monoisotopic (exact) mass is 386 g/mol. The molecule has 0 unspecified atom stereocenters. The van der Waals surface area contributed by atoms with Gasteiger partial charge >= 0.3 is 0 Å². The van der Waals surface area contributed by atoms with Crippen molar-refractivity contribution in [2.75, 3.05) is 13.2 Å². The maximum absolute atomic E-state index is 12.6. The summed E-state index contributed by atoms with van der Waals surface area (Å²) in [7, 11) is 0. The van der Waals surface area contributed by atoms with Gasteiger partial charge in [0.05, 0.1) is 12.6 Å². The Bertz CT molecular complexity index is 510. The van der Waals surface area contributed by atoms with Crippen LogP contribution in [0.4, 0.5) is 0 Å². The molecule has 9 heteroatoms. The normalized spacial score (nSPS) is 14.2. The lowest BCUT2D eigenvalue weighted by molar-refractivity contribution is -0.133. The van der Waals surface area contributed by atoms with E-state index < -0.39 is 42.5 Å². The average Bonchev–Trinajstić information content (AvgIpc) is 2.57. The van der Waals surface area contributed by atoms with E-state index in [-0.39, 0.29) is 11.7 Å². The van der Waals surface area contributed by atoms with E-state index in [0.29, 0.717) is 32.2 Å². The van der Waals surface area contributed by atoms with E-state index in [1.807, 2.05) is 13.8 Å². The van der Waals surface area contributed by atoms with Gasteiger partial charge in [-0.2, -0.15) is 0 Å². The number of carbonyl (C=O) groups is 4. The van der Waals surface area contributed by atoms with Crippen LogP contribution in [0.15, 0.2) is 0 Å². The van der Waals surface area contributed by atoms with Crippen molar-refractivity contribution in [3.63, 3.8) is 0 Å². The number of amides is 3. The van der Waals surface area contributed by atoms with Gasteiger partial charge in [0.2, 0.25) is 17.7 Å². The van der Waals surface area contributed by atoms with Crippen molar-refractivity contribution in [3.8, 4) is 0 Å². The molecule has 6 N–H and O–H groups in total. The highest BCUT2D eigenvalue weighted by Crippen LogP contribution is 2.08. The van der Waals surface area contributed by atoms with Crippen LogP contribution in [0.2, 0.25) is 0 Å². The fraction of sp³-hybridized carbons (Fsp3) is 0.778. The number of carbonyl (C=O) groups excluding carboxylic acids is 4. The SMILES string of the molecule is CC(=O)N[C@@H](CO)C(=O)N[C@@H](CCCCN)C(=O)N[C@H](CC(C)C)C(C)=O. The van der Waals surface area contributed by atoms with Gasteiger partial charge in [0.25, 0.3) is 0 Å². The summed E-state index contributed by atoms with van der Waals surface area (Å²) >= 11 is 0. The molecule has 0 aromatic heterocycles. The molecule has 0 saturated carbocycles. The Morgan fingerprint density at radius 1 is 0.889 bits per heavy atom. The van der Waals surface area contributed by atoms with Gasteiger partial charge in [-0.25, -0.2) is 0 Å². The zero-order valence-corrected chi connectivity index (χ0v) is 16.7. The lowest BCUT2D eigenvalue weighted by Crippen LogP contribution is -2.56. The third-order valence-electron chi connectivity index (χ3n) is 3.97. The van der Waals surface area contributed by atoms with Gasteiger partial charge in [-0.3, -0.25) is 19.2 Å². The molecular weight excluding hydrogens is 352 g/mol. The first-order chi connectivity index (χ1) is 12.6. The molecule has 0 aromatic carbocycles. The Hall–Kier alpha value is -2.00. The molecule has 3 atom stereocenters. The molecule has 0 aliphatic rings. The molecule has 0 radical (unpaired) electrons. The number of Topliss-reactive ketones (excluding diaryl/α,β-unsaturated/α-hetero) is 1. The lowest BCUT2D eigenvalue weighted by Gasteiger charge is -2.25. The molecule has 0 aliphatic heterocycles. The number of hydrogen-bond acceptors (Lipinski definition) is 6. The van der Waals surface area contributed by atoms with Gasteiger partial charge in [0, 0.05) is 6.92 Å². The van der Waals surface area contributed by atoms with Crippen LogP contribution in [-0.2, 0) is 19.2 Å². The summed E-state index contributed by atoms with van der Waals surface area (Å²) in [5.74, 6) is -1.55. The maximum Gasteiger partial charge on any atom is 0.245 e. The van der Waals surface area contributed by atoms with E-state index in [0.717, 1.165) is 0 Å². The number of ketones is 1. The van der Waals surface area contributed by atoms with E-state index in [9.17, 15) is 24.3 Å². The summed E-state index contributed by atoms with van der Waals surface area (Å²) in [5, 5.41) is 16.9. The Morgan fingerprint density at radius 3 is 1.89 bits per heavy atom. The van der Waals surface area contributed by atoms with E-state index in [1.165, 1.54) is 13.8 Å². The Balaban J connectivity index is 5.14. The standard InChI is InChI=1S/C18H34N4O5/c1-11(2)9-15(12(3)24)22-17(26)14(7-5-6-8-19)21-18(27)16(10-23)20-13(4)25/h11,14-16,23H,5-10,19H2,1-4H3,(H,20,25)(H,21,27)(H,22,26)/t14-,15+,16-/m0/s1. The number of unbranched alkanes of at least 4 members (excludes halogenated alkanes) is 1. The molecule has 0 aromatic rings. The molecule has 9 nitrogen and oxygen atoms in total. The van der Waals surface area contributed by atoms with Crippen molar-refractivity contribution < 1.29 is 24.3 Å². The zero-order chi connectivity index (χ0) is 21.0. The summed E-state index contributed by atoms with van der Waals surface area (Å²) in [6.07, 6.45) is 2.11. The van der Waals surface area contributed by atoms with Gasteiger partial charge in [0.15, 0.2) is 5.78 Å². The van der Waals surface area contributed by atoms with Crippen molar-refractivity contribution in [2.45, 2.75) is 71.5 Å². The summed E-state index contributed by atoms with van der Waals surface area (Å²) in [5.41, 5.74) is 5.48. The quantitative estimate of drug-likeness (QED) is 0.262. The largest absolute Gasteiger partial charge is 0.394 e. The molecule has 0 rings (SSSR count). The first-order valence-corrected chi connectivity index (χ1v) is 9.31. The topological polar surface area (TPSA) is 151 Å². The number of rotatable bonds is 13. The fourth-order valence-corrected chi connectivity index (χ4v) is 2.54. The Labute approximate surface area is 160 Å². The molecule has 0 fully saturated rings. The second kappa shape index (κ2) is 13.2. The minimum Gasteiger partial charge on any atom is -0.394 e. The van der Waals surface area contributed by atoms with Gasteiger partial charge in [-0.05, 0) is 45.1 Å². The van der Waals surface area contributed by atoms with Gasteiger partial charge in [0.1, 0.15) is 12.1 Å². The van der Waals surface area contributed by atoms with E-state index in [4.69, 9.17) is 5.73 Å². The number of nitrogens with two attached hydrogens (primary N) is 1. The van der Waals surface area contributed by atoms with Crippen LogP contribution in [0.5, 0.6) is 0 Å². The summed E-state index contributed by atoms with van der Waals surface area (Å²) < 4.78 is 0. The Kier molecular flexibility index (Phi) is 12.2. The smallest absolute Gasteiger partial charge is 0.245 e. The van der Waals surface area contributed by atoms with Crippen LogP contribution in [0.25, 0.3) is 0 Å². The van der Waals surface area contributed by atoms with Crippen molar-refractivity contribution in [1.29, 1.82) is 0 Å². The minimum absolute atomic E-state index is 0.157. The third kappa shape index (κ3) is 10.7. The van der Waals surface area contributed by atoms with E-state index >= 15 is 0 Å². The molecule has 0 heterocycles. The summed E-state index contributed by atoms with van der Waals surface area (Å²) in [6, 6.07) is -2.66. The molecule has 0 spiro atoms. The molecule has 0 bridgehead atoms. The number of aliphatic hydroxyl groups is 1.